The van der Waals surface area contributed by atoms with Crippen LogP contribution in [0.25, 0.3) is 0 Å². The van der Waals surface area contributed by atoms with Gasteiger partial charge in [-0.1, -0.05) is 24.3 Å². The van der Waals surface area contributed by atoms with Crippen LogP contribution in [-0.2, 0) is 6.54 Å². The van der Waals surface area contributed by atoms with Crippen LogP contribution in [0.2, 0.25) is 0 Å². The summed E-state index contributed by atoms with van der Waals surface area (Å²) in [6, 6.07) is 19.0. The van der Waals surface area contributed by atoms with E-state index in [1.165, 1.54) is 0 Å². The number of pyridine rings is 1. The molecule has 0 saturated heterocycles. The zero-order valence-corrected chi connectivity index (χ0v) is 16.9. The lowest BCUT2D eigenvalue weighted by molar-refractivity contribution is 0.0983. The van der Waals surface area contributed by atoms with Crippen molar-refractivity contribution in [3.05, 3.63) is 78.1 Å². The van der Waals surface area contributed by atoms with Crippen LogP contribution in [0.5, 0.6) is 11.5 Å². The number of nitrogens with zero attached hydrogens (tertiary/aromatic N) is 2. The van der Waals surface area contributed by atoms with Gasteiger partial charge in [0.05, 0.1) is 14.2 Å². The molecule has 1 heterocycles. The molecule has 29 heavy (non-hydrogen) atoms. The highest BCUT2D eigenvalue weighted by atomic mass is 16.5. The first-order valence-electron chi connectivity index (χ1n) is 9.44. The number of ether oxygens (including phenoxy) is 2. The lowest BCUT2D eigenvalue weighted by atomic mass is 10.2. The fourth-order valence-electron chi connectivity index (χ4n) is 3.04. The van der Waals surface area contributed by atoms with Crippen molar-refractivity contribution >= 4 is 17.3 Å². The molecule has 1 amide bonds. The van der Waals surface area contributed by atoms with E-state index in [0.717, 1.165) is 16.9 Å². The van der Waals surface area contributed by atoms with Crippen LogP contribution in [-0.4, -0.2) is 31.7 Å². The van der Waals surface area contributed by atoms with Gasteiger partial charge in [0.1, 0.15) is 5.69 Å². The molecular weight excluding hydrogens is 366 g/mol. The molecule has 0 fully saturated rings. The Morgan fingerprint density at radius 2 is 1.76 bits per heavy atom. The van der Waals surface area contributed by atoms with Gasteiger partial charge in [-0.2, -0.15) is 0 Å². The summed E-state index contributed by atoms with van der Waals surface area (Å²) in [7, 11) is 3.22. The van der Waals surface area contributed by atoms with Gasteiger partial charge in [0.15, 0.2) is 11.5 Å². The second-order valence-electron chi connectivity index (χ2n) is 6.36. The third-order valence-corrected chi connectivity index (χ3v) is 4.55. The molecule has 6 nitrogen and oxygen atoms in total. The minimum Gasteiger partial charge on any atom is -0.493 e. The van der Waals surface area contributed by atoms with Gasteiger partial charge in [0.2, 0.25) is 0 Å². The Hall–Kier alpha value is -3.54. The molecule has 3 rings (SSSR count). The first-order chi connectivity index (χ1) is 14.2. The molecule has 0 unspecified atom stereocenters. The average Bonchev–Trinajstić information content (AvgIpc) is 2.78. The molecule has 0 saturated carbocycles. The summed E-state index contributed by atoms with van der Waals surface area (Å²) < 4.78 is 10.6. The number of aromatic nitrogens is 1. The first kappa shape index (κ1) is 20.2. The number of anilines is 2. The number of hydrogen-bond donors (Lipinski definition) is 1. The number of rotatable bonds is 8. The van der Waals surface area contributed by atoms with Crippen molar-refractivity contribution in [2.45, 2.75) is 13.5 Å². The average molecular weight is 391 g/mol. The standard InChI is InChI=1S/C23H25N3O3/c1-4-26(19-8-6-5-7-9-19)23(27)20-15-18(12-13-24-20)25-16-17-10-11-21(28-2)22(14-17)29-3/h5-15H,4,16H2,1-3H3,(H,24,25). The van der Waals surface area contributed by atoms with Gasteiger partial charge < -0.3 is 19.7 Å². The van der Waals surface area contributed by atoms with Crippen LogP contribution in [0, 0.1) is 0 Å². The summed E-state index contributed by atoms with van der Waals surface area (Å²) in [6.07, 6.45) is 1.64. The Labute approximate surface area is 171 Å². The quantitative estimate of drug-likeness (QED) is 0.617. The van der Waals surface area contributed by atoms with Gasteiger partial charge in [-0.3, -0.25) is 9.78 Å². The first-order valence-corrected chi connectivity index (χ1v) is 9.44. The predicted molar refractivity (Wildman–Crippen MR) is 115 cm³/mol. The van der Waals surface area contributed by atoms with Crippen molar-refractivity contribution in [1.82, 2.24) is 4.98 Å². The number of carbonyl (C=O) groups is 1. The third-order valence-electron chi connectivity index (χ3n) is 4.55. The van der Waals surface area contributed by atoms with Crippen LogP contribution in [0.1, 0.15) is 23.0 Å². The van der Waals surface area contributed by atoms with E-state index in [1.54, 1.807) is 31.4 Å². The monoisotopic (exact) mass is 391 g/mol. The Balaban J connectivity index is 1.73. The SMILES string of the molecule is CCN(C(=O)c1cc(NCc2ccc(OC)c(OC)c2)ccn1)c1ccccc1. The topological polar surface area (TPSA) is 63.7 Å². The second-order valence-corrected chi connectivity index (χ2v) is 6.36. The third kappa shape index (κ3) is 4.85. The number of carbonyl (C=O) groups excluding carboxylic acids is 1. The maximum Gasteiger partial charge on any atom is 0.276 e. The molecule has 0 aliphatic heterocycles. The summed E-state index contributed by atoms with van der Waals surface area (Å²) >= 11 is 0. The zero-order valence-electron chi connectivity index (χ0n) is 16.9. The van der Waals surface area contributed by atoms with Gasteiger partial charge in [-0.15, -0.1) is 0 Å². The van der Waals surface area contributed by atoms with Gasteiger partial charge in [0, 0.05) is 30.7 Å². The van der Waals surface area contributed by atoms with E-state index in [-0.39, 0.29) is 5.91 Å². The minimum atomic E-state index is -0.131. The second kappa shape index (κ2) is 9.59. The van der Waals surface area contributed by atoms with Gasteiger partial charge in [-0.05, 0) is 48.9 Å². The van der Waals surface area contributed by atoms with E-state index in [4.69, 9.17) is 9.47 Å². The lowest BCUT2D eigenvalue weighted by Crippen LogP contribution is -2.31. The molecule has 0 atom stereocenters. The van der Waals surface area contributed by atoms with Gasteiger partial charge in [-0.25, -0.2) is 0 Å². The van der Waals surface area contributed by atoms with E-state index in [2.05, 4.69) is 10.3 Å². The number of benzene rings is 2. The van der Waals surface area contributed by atoms with Crippen LogP contribution in [0.15, 0.2) is 66.9 Å². The van der Waals surface area contributed by atoms with Crippen LogP contribution < -0.4 is 19.7 Å². The Morgan fingerprint density at radius 3 is 2.45 bits per heavy atom. The van der Waals surface area contributed by atoms with Crippen molar-refractivity contribution in [3.63, 3.8) is 0 Å². The maximum absolute atomic E-state index is 13.0. The Bertz CT molecular complexity index is 961. The van der Waals surface area contributed by atoms with E-state index < -0.39 is 0 Å². The molecule has 1 N–H and O–H groups in total. The highest BCUT2D eigenvalue weighted by molar-refractivity contribution is 6.05. The summed E-state index contributed by atoms with van der Waals surface area (Å²) in [5, 5.41) is 3.33. The highest BCUT2D eigenvalue weighted by Crippen LogP contribution is 2.28. The maximum atomic E-state index is 13.0. The molecule has 2 aromatic carbocycles. The van der Waals surface area contributed by atoms with Crippen molar-refractivity contribution in [2.24, 2.45) is 0 Å². The Kier molecular flexibility index (Phi) is 6.68. The van der Waals surface area contributed by atoms with Crippen LogP contribution >= 0.6 is 0 Å². The largest absolute Gasteiger partial charge is 0.493 e. The number of para-hydroxylation sites is 1. The van der Waals surface area contributed by atoms with Gasteiger partial charge >= 0.3 is 0 Å². The van der Waals surface area contributed by atoms with E-state index in [0.29, 0.717) is 30.3 Å². The predicted octanol–water partition coefficient (Wildman–Crippen LogP) is 4.38. The molecular formula is C23H25N3O3. The number of nitrogens with one attached hydrogen (secondary N) is 1. The number of methoxy groups -OCH3 is 2. The van der Waals surface area contributed by atoms with Gasteiger partial charge in [0.25, 0.3) is 5.91 Å². The summed E-state index contributed by atoms with van der Waals surface area (Å²) in [6.45, 7) is 3.09. The fourth-order valence-corrected chi connectivity index (χ4v) is 3.04. The van der Waals surface area contributed by atoms with E-state index in [1.807, 2.05) is 61.5 Å². The lowest BCUT2D eigenvalue weighted by Gasteiger charge is -2.20. The molecule has 1 aromatic heterocycles. The molecule has 150 valence electrons. The number of hydrogen-bond acceptors (Lipinski definition) is 5. The smallest absolute Gasteiger partial charge is 0.276 e. The molecule has 0 aliphatic carbocycles. The van der Waals surface area contributed by atoms with E-state index in [9.17, 15) is 4.79 Å². The molecule has 0 spiro atoms. The summed E-state index contributed by atoms with van der Waals surface area (Å²) in [5.74, 6) is 1.24. The van der Waals surface area contributed by atoms with Crippen LogP contribution in [0.3, 0.4) is 0 Å². The highest BCUT2D eigenvalue weighted by Gasteiger charge is 2.17. The van der Waals surface area contributed by atoms with Crippen molar-refractivity contribution in [1.29, 1.82) is 0 Å². The van der Waals surface area contributed by atoms with E-state index >= 15 is 0 Å². The van der Waals surface area contributed by atoms with Crippen molar-refractivity contribution in [3.8, 4) is 11.5 Å². The molecule has 6 heteroatoms. The normalized spacial score (nSPS) is 10.3. The van der Waals surface area contributed by atoms with Crippen molar-refractivity contribution in [2.75, 3.05) is 31.0 Å². The summed E-state index contributed by atoms with van der Waals surface area (Å²) in [4.78, 5) is 18.9. The zero-order chi connectivity index (χ0) is 20.6. The fraction of sp³-hybridized carbons (Fsp3) is 0.217. The van der Waals surface area contributed by atoms with Crippen LogP contribution in [0.4, 0.5) is 11.4 Å². The molecule has 3 aromatic rings. The molecule has 0 radical (unpaired) electrons. The Morgan fingerprint density at radius 1 is 1.00 bits per heavy atom. The molecule has 0 bridgehead atoms. The van der Waals surface area contributed by atoms with Crippen molar-refractivity contribution < 1.29 is 14.3 Å². The number of amides is 1. The minimum absolute atomic E-state index is 0.131. The summed E-state index contributed by atoms with van der Waals surface area (Å²) in [5.41, 5.74) is 3.10. The molecule has 0 aliphatic rings.